The smallest absolute Gasteiger partial charge is 0.155 e. The summed E-state index contributed by atoms with van der Waals surface area (Å²) in [5.41, 5.74) is 9.43. The second-order valence-corrected chi connectivity index (χ2v) is 5.69. The van der Waals surface area contributed by atoms with Crippen molar-refractivity contribution in [3.8, 4) is 11.5 Å². The predicted molar refractivity (Wildman–Crippen MR) is 93.3 cm³/mol. The minimum Gasteiger partial charge on any atom is -0.457 e. The fourth-order valence-corrected chi connectivity index (χ4v) is 2.82. The van der Waals surface area contributed by atoms with E-state index in [9.17, 15) is 5.11 Å². The van der Waals surface area contributed by atoms with Crippen molar-refractivity contribution in [1.29, 1.82) is 0 Å². The molecule has 0 radical (unpaired) electrons. The van der Waals surface area contributed by atoms with E-state index in [2.05, 4.69) is 0 Å². The first-order chi connectivity index (χ1) is 11.7. The number of fused-ring (bicyclic) bond motifs is 1. The van der Waals surface area contributed by atoms with Gasteiger partial charge in [-0.2, -0.15) is 5.10 Å². The fraction of sp³-hybridized carbons (Fsp3) is 0.105. The summed E-state index contributed by atoms with van der Waals surface area (Å²) in [6, 6.07) is 19.4. The lowest BCUT2D eigenvalue weighted by atomic mass is 10.1. The maximum absolute atomic E-state index is 9.20. The average Bonchev–Trinajstić information content (AvgIpc) is 3.22. The Hall–Kier alpha value is -3.05. The highest BCUT2D eigenvalue weighted by molar-refractivity contribution is 5.92. The molecule has 0 saturated carbocycles. The predicted octanol–water partition coefficient (Wildman–Crippen LogP) is 3.42. The lowest BCUT2D eigenvalue weighted by Crippen LogP contribution is -2.01. The first-order valence-electron chi connectivity index (χ1n) is 7.74. The summed E-state index contributed by atoms with van der Waals surface area (Å²) in [7, 11) is 0. The molecule has 120 valence electrons. The molecule has 0 atom stereocenters. The Labute approximate surface area is 138 Å². The third-order valence-electron chi connectivity index (χ3n) is 4.02. The number of nitrogen functional groups attached to an aromatic ring is 1. The summed E-state index contributed by atoms with van der Waals surface area (Å²) in [6.45, 7) is 0.526. The molecular weight excluding hydrogens is 302 g/mol. The molecule has 2 aromatic carbocycles. The van der Waals surface area contributed by atoms with Gasteiger partial charge in [-0.15, -0.1) is 0 Å². The van der Waals surface area contributed by atoms with Crippen molar-refractivity contribution < 1.29 is 9.52 Å². The lowest BCUT2D eigenvalue weighted by molar-refractivity contribution is 0.248. The molecule has 24 heavy (non-hydrogen) atoms. The van der Waals surface area contributed by atoms with E-state index in [4.69, 9.17) is 15.2 Å². The highest BCUT2D eigenvalue weighted by Crippen LogP contribution is 2.29. The van der Waals surface area contributed by atoms with Crippen molar-refractivity contribution in [1.82, 2.24) is 9.78 Å². The van der Waals surface area contributed by atoms with E-state index in [-0.39, 0.29) is 6.61 Å². The van der Waals surface area contributed by atoms with Crippen LogP contribution in [0.1, 0.15) is 11.3 Å². The highest BCUT2D eigenvalue weighted by atomic mass is 16.4. The average molecular weight is 319 g/mol. The number of aliphatic hydroxyl groups is 1. The summed E-state index contributed by atoms with van der Waals surface area (Å²) < 4.78 is 7.62. The largest absolute Gasteiger partial charge is 0.457 e. The van der Waals surface area contributed by atoms with Gasteiger partial charge in [-0.1, -0.05) is 30.3 Å². The van der Waals surface area contributed by atoms with Crippen LogP contribution < -0.4 is 5.73 Å². The van der Waals surface area contributed by atoms with Gasteiger partial charge in [0, 0.05) is 11.1 Å². The van der Waals surface area contributed by atoms with Gasteiger partial charge in [-0.3, -0.25) is 4.68 Å². The first kappa shape index (κ1) is 14.5. The van der Waals surface area contributed by atoms with Gasteiger partial charge < -0.3 is 15.3 Å². The number of rotatable bonds is 4. The number of para-hydroxylation sites is 1. The maximum atomic E-state index is 9.20. The number of anilines is 1. The normalized spacial score (nSPS) is 11.2. The quantitative estimate of drug-likeness (QED) is 0.565. The SMILES string of the molecule is Nc1ccc(Cn2nc(-c3ccc(CO)o3)c3ccccc32)cc1. The van der Waals surface area contributed by atoms with E-state index in [0.717, 1.165) is 27.8 Å². The Morgan fingerprint density at radius 2 is 1.79 bits per heavy atom. The molecule has 0 saturated heterocycles. The van der Waals surface area contributed by atoms with E-state index in [1.165, 1.54) is 0 Å². The van der Waals surface area contributed by atoms with Crippen LogP contribution in [0.5, 0.6) is 0 Å². The van der Waals surface area contributed by atoms with Gasteiger partial charge in [0.05, 0.1) is 12.1 Å². The molecule has 4 rings (SSSR count). The van der Waals surface area contributed by atoms with Crippen LogP contribution in [0.25, 0.3) is 22.4 Å². The van der Waals surface area contributed by atoms with Crippen molar-refractivity contribution in [2.45, 2.75) is 13.2 Å². The molecule has 2 aromatic heterocycles. The number of aromatic nitrogens is 2. The van der Waals surface area contributed by atoms with Crippen molar-refractivity contribution in [2.75, 3.05) is 5.73 Å². The van der Waals surface area contributed by atoms with Crippen LogP contribution in [-0.2, 0) is 13.2 Å². The molecule has 2 heterocycles. The van der Waals surface area contributed by atoms with Crippen LogP contribution >= 0.6 is 0 Å². The number of aliphatic hydroxyl groups excluding tert-OH is 1. The van der Waals surface area contributed by atoms with Crippen molar-refractivity contribution in [3.63, 3.8) is 0 Å². The van der Waals surface area contributed by atoms with Gasteiger partial charge >= 0.3 is 0 Å². The zero-order chi connectivity index (χ0) is 16.5. The molecule has 5 nitrogen and oxygen atoms in total. The lowest BCUT2D eigenvalue weighted by Gasteiger charge is -2.04. The van der Waals surface area contributed by atoms with Crippen LogP contribution in [0.2, 0.25) is 0 Å². The van der Waals surface area contributed by atoms with E-state index in [0.29, 0.717) is 18.1 Å². The number of hydrogen-bond acceptors (Lipinski definition) is 4. The number of benzene rings is 2. The summed E-state index contributed by atoms with van der Waals surface area (Å²) in [5.74, 6) is 1.19. The molecule has 0 fully saturated rings. The molecule has 5 heteroatoms. The zero-order valence-electron chi connectivity index (χ0n) is 13.0. The van der Waals surface area contributed by atoms with Crippen LogP contribution in [-0.4, -0.2) is 14.9 Å². The summed E-state index contributed by atoms with van der Waals surface area (Å²) in [5, 5.41) is 15.0. The van der Waals surface area contributed by atoms with Gasteiger partial charge in [-0.25, -0.2) is 0 Å². The van der Waals surface area contributed by atoms with Gasteiger partial charge in [0.1, 0.15) is 18.1 Å². The topological polar surface area (TPSA) is 77.2 Å². The second kappa shape index (κ2) is 5.86. The standard InChI is InChI=1S/C19H17N3O2/c20-14-7-5-13(6-8-14)11-22-17-4-2-1-3-16(17)19(21-22)18-10-9-15(12-23)24-18/h1-10,23H,11-12,20H2. The van der Waals surface area contributed by atoms with Crippen LogP contribution in [0, 0.1) is 0 Å². The molecule has 4 aromatic rings. The number of furan rings is 1. The summed E-state index contributed by atoms with van der Waals surface area (Å²) in [4.78, 5) is 0. The Balaban J connectivity index is 1.80. The van der Waals surface area contributed by atoms with Crippen molar-refractivity contribution >= 4 is 16.6 Å². The van der Waals surface area contributed by atoms with E-state index < -0.39 is 0 Å². The fourth-order valence-electron chi connectivity index (χ4n) is 2.82. The third kappa shape index (κ3) is 2.55. The Kier molecular flexibility index (Phi) is 3.55. The third-order valence-corrected chi connectivity index (χ3v) is 4.02. The van der Waals surface area contributed by atoms with Gasteiger partial charge in [0.25, 0.3) is 0 Å². The summed E-state index contributed by atoms with van der Waals surface area (Å²) >= 11 is 0. The van der Waals surface area contributed by atoms with E-state index in [1.807, 2.05) is 59.3 Å². The molecule has 0 aliphatic rings. The zero-order valence-corrected chi connectivity index (χ0v) is 13.0. The minimum atomic E-state index is -0.121. The number of hydrogen-bond donors (Lipinski definition) is 2. The molecule has 0 spiro atoms. The summed E-state index contributed by atoms with van der Waals surface area (Å²) in [6.07, 6.45) is 0. The molecule has 3 N–H and O–H groups in total. The Morgan fingerprint density at radius 3 is 2.54 bits per heavy atom. The van der Waals surface area contributed by atoms with E-state index in [1.54, 1.807) is 6.07 Å². The maximum Gasteiger partial charge on any atom is 0.155 e. The molecule has 0 aliphatic heterocycles. The van der Waals surface area contributed by atoms with E-state index >= 15 is 0 Å². The monoisotopic (exact) mass is 319 g/mol. The van der Waals surface area contributed by atoms with Crippen LogP contribution in [0.15, 0.2) is 65.1 Å². The van der Waals surface area contributed by atoms with Crippen molar-refractivity contribution in [2.24, 2.45) is 0 Å². The van der Waals surface area contributed by atoms with Crippen LogP contribution in [0.4, 0.5) is 5.69 Å². The Bertz CT molecular complexity index is 983. The molecule has 0 bridgehead atoms. The number of nitrogens with two attached hydrogens (primary N) is 1. The van der Waals surface area contributed by atoms with Gasteiger partial charge in [0.15, 0.2) is 5.76 Å². The van der Waals surface area contributed by atoms with Gasteiger partial charge in [0.2, 0.25) is 0 Å². The van der Waals surface area contributed by atoms with Crippen molar-refractivity contribution in [3.05, 3.63) is 72.0 Å². The molecule has 0 amide bonds. The second-order valence-electron chi connectivity index (χ2n) is 5.69. The highest BCUT2D eigenvalue weighted by Gasteiger charge is 2.15. The Morgan fingerprint density at radius 1 is 1.00 bits per heavy atom. The van der Waals surface area contributed by atoms with Gasteiger partial charge in [-0.05, 0) is 35.9 Å². The minimum absolute atomic E-state index is 0.121. The number of nitrogens with zero attached hydrogens (tertiary/aromatic N) is 2. The molecule has 0 aliphatic carbocycles. The molecule has 0 unspecified atom stereocenters. The first-order valence-corrected chi connectivity index (χ1v) is 7.74. The molecular formula is C19H17N3O2. The van der Waals surface area contributed by atoms with Crippen LogP contribution in [0.3, 0.4) is 0 Å².